The van der Waals surface area contributed by atoms with Crippen molar-refractivity contribution >= 4 is 0 Å². The van der Waals surface area contributed by atoms with Crippen molar-refractivity contribution in [2.75, 3.05) is 73.7 Å². The Bertz CT molecular complexity index is 2180. The highest BCUT2D eigenvalue weighted by molar-refractivity contribution is 5.02. The van der Waals surface area contributed by atoms with Crippen molar-refractivity contribution in [2.45, 2.75) is 239 Å². The lowest BCUT2D eigenvalue weighted by atomic mass is 9.95. The van der Waals surface area contributed by atoms with Crippen molar-refractivity contribution < 1.29 is 203 Å². The summed E-state index contributed by atoms with van der Waals surface area (Å²) in [6.45, 7) is -8.20. The topological polar surface area (TPSA) is 642 Å². The van der Waals surface area contributed by atoms with E-state index in [2.05, 4.69) is 0 Å². The fraction of sp³-hybridized carbons (Fsp3) is 1.00. The molecule has 0 spiro atoms. The van der Waals surface area contributed by atoms with Crippen LogP contribution in [0.15, 0.2) is 0 Å². The molecule has 0 aliphatic carbocycles. The van der Waals surface area contributed by atoms with E-state index in [-0.39, 0.29) is 6.61 Å². The van der Waals surface area contributed by atoms with Gasteiger partial charge in [0.05, 0.1) is 52.9 Å². The number of ether oxygens (including phenoxy) is 17. The minimum Gasteiger partial charge on any atom is -0.394 e. The molecule has 39 atom stereocenters. The van der Waals surface area contributed by atoms with Crippen LogP contribution in [0.4, 0.5) is 0 Å². The van der Waals surface area contributed by atoms with Crippen LogP contribution in [0.5, 0.6) is 0 Å². The summed E-state index contributed by atoms with van der Waals surface area (Å²) in [6, 6.07) is 0. The lowest BCUT2D eigenvalue weighted by Gasteiger charge is -2.50. The summed E-state index contributed by atoms with van der Waals surface area (Å²) in [4.78, 5) is 0. The largest absolute Gasteiger partial charge is 0.394 e. The predicted octanol–water partition coefficient (Wildman–Crippen LogP) is -17.1. The van der Waals surface area contributed by atoms with Crippen molar-refractivity contribution in [1.82, 2.24) is 0 Å². The van der Waals surface area contributed by atoms with Gasteiger partial charge in [-0.1, -0.05) is 0 Å². The second kappa shape index (κ2) is 32.4. The Balaban J connectivity index is 0.843. The third-order valence-electron chi connectivity index (χ3n) is 17.1. The maximum atomic E-state index is 11.4. The smallest absolute Gasteiger partial charge is 0.219 e. The first kappa shape index (κ1) is 75.1. The third kappa shape index (κ3) is 15.5. The summed E-state index contributed by atoms with van der Waals surface area (Å²) >= 11 is 0. The van der Waals surface area contributed by atoms with Crippen LogP contribution in [0.3, 0.4) is 0 Å². The second-order valence-corrected chi connectivity index (χ2v) is 23.0. The standard InChI is InChI=1S/C50H86O41/c1-75-10-19-35(76-2)21(59)29(67)49(84-19)90-41-18(9-57)83-48(34(72)27(41)65)89-40-17(8-56)82-47(33(71)26(40)64)88-39-16(7-55)81-46(32(70)25(39)63)87-38-15(6-54)80-45(31(69)24(38)62)86-37-14(5-53)79-44(30(68)23(37)61)85-36-13(4-52)78-43(28(66)22(36)60)77-11-50(74)42(73)20(58)12(3-51)91-50/h12-49,51-74H,3-11H2,1-2H3/t12-,13-,14-,15-,16-,17-,18-,19-,20-,21-,22-,23-,24-,25-,26-,27-,28-,29-,30-,31-,32-,33-,34-,35-,36-,37-,38-,39-,40-,41-,42+,43+,44-,45-,46-,47-,48-,49-,50?/m1/s1. The van der Waals surface area contributed by atoms with E-state index < -0.39 is 292 Å². The summed E-state index contributed by atoms with van der Waals surface area (Å²) in [5, 5.41) is 259. The molecule has 24 N–H and O–H groups in total. The molecule has 0 amide bonds. The summed E-state index contributed by atoms with van der Waals surface area (Å²) < 4.78 is 94.4. The average molecular weight is 1340 g/mol. The maximum Gasteiger partial charge on any atom is 0.219 e. The molecule has 91 heavy (non-hydrogen) atoms. The molecule has 0 aromatic carbocycles. The quantitative estimate of drug-likeness (QED) is 0.0404. The van der Waals surface area contributed by atoms with Crippen LogP contribution in [0, 0.1) is 0 Å². The van der Waals surface area contributed by atoms with Crippen LogP contribution in [0.1, 0.15) is 0 Å². The first-order valence-electron chi connectivity index (χ1n) is 28.9. The van der Waals surface area contributed by atoms with Gasteiger partial charge in [0.2, 0.25) is 5.79 Å². The zero-order chi connectivity index (χ0) is 66.8. The summed E-state index contributed by atoms with van der Waals surface area (Å²) in [5.41, 5.74) is 0. The Labute approximate surface area is 515 Å². The Kier molecular flexibility index (Phi) is 26.7. The lowest BCUT2D eigenvalue weighted by Crippen LogP contribution is -2.68. The van der Waals surface area contributed by atoms with E-state index in [1.54, 1.807) is 0 Å². The molecule has 0 aromatic rings. The van der Waals surface area contributed by atoms with E-state index in [1.807, 2.05) is 0 Å². The van der Waals surface area contributed by atoms with Gasteiger partial charge in [0.1, 0.15) is 196 Å². The van der Waals surface area contributed by atoms with Crippen molar-refractivity contribution in [3.8, 4) is 0 Å². The lowest BCUT2D eigenvalue weighted by molar-refractivity contribution is -0.398. The van der Waals surface area contributed by atoms with Gasteiger partial charge in [0.25, 0.3) is 0 Å². The van der Waals surface area contributed by atoms with Crippen LogP contribution < -0.4 is 0 Å². The molecule has 8 aliphatic heterocycles. The number of hydrogen-bond acceptors (Lipinski definition) is 41. The van der Waals surface area contributed by atoms with Gasteiger partial charge in [-0.2, -0.15) is 0 Å². The van der Waals surface area contributed by atoms with Crippen LogP contribution in [-0.2, 0) is 80.5 Å². The number of aliphatic hydroxyl groups is 24. The Morgan fingerprint density at radius 2 is 0.516 bits per heavy atom. The number of rotatable bonds is 25. The van der Waals surface area contributed by atoms with Gasteiger partial charge in [-0.25, -0.2) is 0 Å². The first-order valence-corrected chi connectivity index (χ1v) is 28.9. The van der Waals surface area contributed by atoms with Crippen molar-refractivity contribution in [3.05, 3.63) is 0 Å². The predicted molar refractivity (Wildman–Crippen MR) is 274 cm³/mol. The molecule has 8 saturated heterocycles. The SMILES string of the molecule is COC[C@H]1O[C@H](O[C@H]2[C@H](O)[C@@H](O)[C@@H](O[C@H]3[C@H](O)[C@@H](O)[C@@H](O[C@H]4[C@H](O)[C@@H](O)[C@@H](O[C@H]5[C@H](O)[C@@H](O)[C@@H](O[C@H]6[C@H](O)[C@@H](O)[C@@H](O[C@H]7[C@H](O)[C@@H](O)[C@@H](OCC8(O)O[C@H](CO)[C@@H](O)[C@@H]8O)O[C@@H]7CO)O[C@@H]6CO)O[C@@H]5CO)O[C@@H]4CO)O[C@@H]3CO)O[C@@H]2CO)[C@H](O)[C@@H](O)[C@@H]1OC. The van der Waals surface area contributed by atoms with E-state index >= 15 is 0 Å². The summed E-state index contributed by atoms with van der Waals surface area (Å²) in [6.07, 6.45) is -72.0. The molecule has 8 fully saturated rings. The van der Waals surface area contributed by atoms with Crippen LogP contribution in [0.25, 0.3) is 0 Å². The number of hydrogen-bond donors (Lipinski definition) is 24. The zero-order valence-corrected chi connectivity index (χ0v) is 48.5. The summed E-state index contributed by atoms with van der Waals surface area (Å²) in [7, 11) is 2.57. The molecule has 41 nitrogen and oxygen atoms in total. The molecule has 8 aliphatic rings. The fourth-order valence-corrected chi connectivity index (χ4v) is 11.9. The Morgan fingerprint density at radius 1 is 0.286 bits per heavy atom. The average Bonchev–Trinajstić information content (AvgIpc) is 1.98. The second-order valence-electron chi connectivity index (χ2n) is 23.0. The van der Waals surface area contributed by atoms with Gasteiger partial charge in [0.15, 0.2) is 44.0 Å². The molecule has 0 saturated carbocycles. The van der Waals surface area contributed by atoms with E-state index in [1.165, 1.54) is 14.2 Å². The molecular weight excluding hydrogens is 1260 g/mol. The minimum atomic E-state index is -2.64. The highest BCUT2D eigenvalue weighted by Gasteiger charge is 2.60. The van der Waals surface area contributed by atoms with Crippen molar-refractivity contribution in [3.63, 3.8) is 0 Å². The molecule has 532 valence electrons. The molecular formula is C50H86O41. The normalized spacial score (nSPS) is 52.5. The molecule has 0 bridgehead atoms. The monoisotopic (exact) mass is 1340 g/mol. The van der Waals surface area contributed by atoms with E-state index in [9.17, 15) is 123 Å². The fourth-order valence-electron chi connectivity index (χ4n) is 11.9. The van der Waals surface area contributed by atoms with E-state index in [4.69, 9.17) is 80.5 Å². The Morgan fingerprint density at radius 3 is 0.747 bits per heavy atom. The number of methoxy groups -OCH3 is 2. The zero-order valence-electron chi connectivity index (χ0n) is 48.5. The highest BCUT2D eigenvalue weighted by atomic mass is 16.8. The van der Waals surface area contributed by atoms with Crippen molar-refractivity contribution in [2.24, 2.45) is 0 Å². The molecule has 1 unspecified atom stereocenters. The number of aliphatic hydroxyl groups excluding tert-OH is 23. The molecule has 0 aromatic heterocycles. The van der Waals surface area contributed by atoms with Gasteiger partial charge in [-0.05, 0) is 0 Å². The van der Waals surface area contributed by atoms with Gasteiger partial charge in [0, 0.05) is 14.2 Å². The Hall–Kier alpha value is -1.64. The van der Waals surface area contributed by atoms with Crippen LogP contribution in [-0.4, -0.2) is 435 Å². The first-order chi connectivity index (χ1) is 43.2. The highest BCUT2D eigenvalue weighted by Crippen LogP contribution is 2.39. The van der Waals surface area contributed by atoms with Gasteiger partial charge in [-0.15, -0.1) is 0 Å². The van der Waals surface area contributed by atoms with Gasteiger partial charge in [-0.3, -0.25) is 0 Å². The van der Waals surface area contributed by atoms with Gasteiger partial charge < -0.3 is 203 Å². The maximum absolute atomic E-state index is 11.4. The molecule has 41 heteroatoms. The third-order valence-corrected chi connectivity index (χ3v) is 17.1. The van der Waals surface area contributed by atoms with Gasteiger partial charge >= 0.3 is 0 Å². The van der Waals surface area contributed by atoms with Crippen molar-refractivity contribution in [1.29, 1.82) is 0 Å². The minimum absolute atomic E-state index is 0.148. The summed E-state index contributed by atoms with van der Waals surface area (Å²) in [5.74, 6) is -2.64. The van der Waals surface area contributed by atoms with E-state index in [0.29, 0.717) is 0 Å². The molecule has 0 radical (unpaired) electrons. The van der Waals surface area contributed by atoms with Crippen LogP contribution >= 0.6 is 0 Å². The molecule has 8 heterocycles. The molecule has 8 rings (SSSR count). The van der Waals surface area contributed by atoms with Crippen LogP contribution in [0.2, 0.25) is 0 Å². The van der Waals surface area contributed by atoms with E-state index in [0.717, 1.165) is 0 Å².